The molecular formula is C18H15Cl2NO2. The monoisotopic (exact) mass is 347 g/mol. The van der Waals surface area contributed by atoms with E-state index >= 15 is 0 Å². The van der Waals surface area contributed by atoms with E-state index in [1.807, 2.05) is 37.3 Å². The van der Waals surface area contributed by atoms with E-state index in [4.69, 9.17) is 23.2 Å². The van der Waals surface area contributed by atoms with Crippen molar-refractivity contribution in [2.45, 2.75) is 19.3 Å². The molecule has 0 aliphatic carbocycles. The zero-order valence-electron chi connectivity index (χ0n) is 12.5. The predicted octanol–water partition coefficient (Wildman–Crippen LogP) is 4.68. The highest BCUT2D eigenvalue weighted by Gasteiger charge is 2.42. The van der Waals surface area contributed by atoms with Crippen LogP contribution in [0.3, 0.4) is 0 Å². The molecule has 0 aromatic heterocycles. The molecule has 118 valence electrons. The largest absolute Gasteiger partial charge is 0.274 e. The molecular weight excluding hydrogens is 333 g/mol. The van der Waals surface area contributed by atoms with Gasteiger partial charge in [0.1, 0.15) is 0 Å². The predicted molar refractivity (Wildman–Crippen MR) is 91.9 cm³/mol. The molecule has 2 aromatic rings. The average molecular weight is 348 g/mol. The van der Waals surface area contributed by atoms with Crippen molar-refractivity contribution in [3.8, 4) is 0 Å². The van der Waals surface area contributed by atoms with Crippen molar-refractivity contribution >= 4 is 40.7 Å². The van der Waals surface area contributed by atoms with Gasteiger partial charge in [-0.05, 0) is 29.7 Å². The summed E-state index contributed by atoms with van der Waals surface area (Å²) in [4.78, 5) is 26.3. The molecule has 2 amide bonds. The second-order valence-electron chi connectivity index (χ2n) is 5.68. The van der Waals surface area contributed by atoms with Gasteiger partial charge in [-0.1, -0.05) is 60.5 Å². The smallest absolute Gasteiger partial charge is 0.237 e. The first-order valence-electron chi connectivity index (χ1n) is 7.36. The summed E-state index contributed by atoms with van der Waals surface area (Å²) in [6.07, 6.45) is 0.204. The van der Waals surface area contributed by atoms with Gasteiger partial charge in [0.25, 0.3) is 0 Å². The fourth-order valence-corrected chi connectivity index (χ4v) is 3.22. The Labute approximate surface area is 144 Å². The molecule has 1 aliphatic heterocycles. The third-order valence-corrected chi connectivity index (χ3v) is 5.01. The molecule has 0 saturated carbocycles. The van der Waals surface area contributed by atoms with Gasteiger partial charge in [0.05, 0.1) is 21.7 Å². The van der Waals surface area contributed by atoms with E-state index < -0.39 is 0 Å². The van der Waals surface area contributed by atoms with Crippen molar-refractivity contribution < 1.29 is 9.59 Å². The van der Waals surface area contributed by atoms with E-state index in [9.17, 15) is 9.59 Å². The molecule has 0 spiro atoms. The SMILES string of the molecule is C[C@H](c1ccccc1)[C@H]1CC(=O)N(c2ccc(Cl)c(Cl)c2)C1=O. The molecule has 2 aromatic carbocycles. The Kier molecular flexibility index (Phi) is 4.42. The Morgan fingerprint density at radius 2 is 1.74 bits per heavy atom. The van der Waals surface area contributed by atoms with E-state index in [0.717, 1.165) is 5.56 Å². The van der Waals surface area contributed by atoms with Gasteiger partial charge in [0.15, 0.2) is 0 Å². The lowest BCUT2D eigenvalue weighted by molar-refractivity contribution is -0.122. The Morgan fingerprint density at radius 1 is 1.04 bits per heavy atom. The van der Waals surface area contributed by atoms with Crippen LogP contribution in [0, 0.1) is 5.92 Å². The summed E-state index contributed by atoms with van der Waals surface area (Å²) in [6.45, 7) is 1.98. The first-order chi connectivity index (χ1) is 11.0. The third-order valence-electron chi connectivity index (χ3n) is 4.27. The Balaban J connectivity index is 1.89. The van der Waals surface area contributed by atoms with Crippen LogP contribution in [0.2, 0.25) is 10.0 Å². The van der Waals surface area contributed by atoms with Crippen LogP contribution in [-0.2, 0) is 9.59 Å². The number of benzene rings is 2. The number of imide groups is 1. The maximum atomic E-state index is 12.8. The van der Waals surface area contributed by atoms with Crippen molar-refractivity contribution in [1.82, 2.24) is 0 Å². The summed E-state index contributed by atoms with van der Waals surface area (Å²) in [5, 5.41) is 0.716. The lowest BCUT2D eigenvalue weighted by Gasteiger charge is -2.19. The average Bonchev–Trinajstić information content (AvgIpc) is 2.85. The van der Waals surface area contributed by atoms with Gasteiger partial charge in [0.2, 0.25) is 11.8 Å². The normalized spacial score (nSPS) is 19.3. The van der Waals surface area contributed by atoms with E-state index in [2.05, 4.69) is 0 Å². The van der Waals surface area contributed by atoms with Crippen LogP contribution >= 0.6 is 23.2 Å². The first-order valence-corrected chi connectivity index (χ1v) is 8.11. The van der Waals surface area contributed by atoms with Crippen molar-refractivity contribution in [2.75, 3.05) is 4.90 Å². The minimum Gasteiger partial charge on any atom is -0.274 e. The van der Waals surface area contributed by atoms with Crippen LogP contribution in [0.1, 0.15) is 24.8 Å². The summed E-state index contributed by atoms with van der Waals surface area (Å²) in [5.74, 6) is -0.786. The molecule has 2 atom stereocenters. The first kappa shape index (κ1) is 16.0. The molecule has 3 rings (SSSR count). The van der Waals surface area contributed by atoms with Crippen LogP contribution in [0.5, 0.6) is 0 Å². The molecule has 1 heterocycles. The quantitative estimate of drug-likeness (QED) is 0.756. The van der Waals surface area contributed by atoms with Gasteiger partial charge in [-0.3, -0.25) is 14.5 Å². The molecule has 3 nitrogen and oxygen atoms in total. The zero-order chi connectivity index (χ0) is 16.6. The number of rotatable bonds is 3. The van der Waals surface area contributed by atoms with Crippen LogP contribution < -0.4 is 4.90 Å². The molecule has 1 saturated heterocycles. The van der Waals surface area contributed by atoms with Crippen molar-refractivity contribution in [2.24, 2.45) is 5.92 Å². The maximum Gasteiger partial charge on any atom is 0.237 e. The number of halogens is 2. The van der Waals surface area contributed by atoms with Crippen LogP contribution in [-0.4, -0.2) is 11.8 Å². The van der Waals surface area contributed by atoms with Gasteiger partial charge in [-0.2, -0.15) is 0 Å². The number of carbonyl (C=O) groups is 2. The lowest BCUT2D eigenvalue weighted by atomic mass is 9.86. The molecule has 1 aliphatic rings. The van der Waals surface area contributed by atoms with Crippen LogP contribution in [0.4, 0.5) is 5.69 Å². The molecule has 5 heteroatoms. The number of nitrogens with zero attached hydrogens (tertiary/aromatic N) is 1. The summed E-state index contributed by atoms with van der Waals surface area (Å²) >= 11 is 11.9. The van der Waals surface area contributed by atoms with Gasteiger partial charge in [-0.15, -0.1) is 0 Å². The number of carbonyl (C=O) groups excluding carboxylic acids is 2. The van der Waals surface area contributed by atoms with Gasteiger partial charge in [-0.25, -0.2) is 0 Å². The second-order valence-corrected chi connectivity index (χ2v) is 6.49. The van der Waals surface area contributed by atoms with Gasteiger partial charge < -0.3 is 0 Å². The zero-order valence-corrected chi connectivity index (χ0v) is 14.0. The van der Waals surface area contributed by atoms with E-state index in [1.54, 1.807) is 18.2 Å². The Morgan fingerprint density at radius 3 is 2.39 bits per heavy atom. The van der Waals surface area contributed by atoms with E-state index in [1.165, 1.54) is 4.90 Å². The summed E-state index contributed by atoms with van der Waals surface area (Å²) in [5.41, 5.74) is 1.52. The number of amides is 2. The topological polar surface area (TPSA) is 37.4 Å². The Bertz CT molecular complexity index is 761. The molecule has 0 radical (unpaired) electrons. The van der Waals surface area contributed by atoms with Crippen molar-refractivity contribution in [1.29, 1.82) is 0 Å². The number of hydrogen-bond donors (Lipinski definition) is 0. The van der Waals surface area contributed by atoms with E-state index in [-0.39, 0.29) is 30.1 Å². The van der Waals surface area contributed by atoms with Crippen molar-refractivity contribution in [3.05, 3.63) is 64.1 Å². The minimum atomic E-state index is -0.362. The maximum absolute atomic E-state index is 12.8. The fraction of sp³-hybridized carbons (Fsp3) is 0.222. The third kappa shape index (κ3) is 2.99. The second kappa shape index (κ2) is 6.34. The van der Waals surface area contributed by atoms with Crippen LogP contribution in [0.25, 0.3) is 0 Å². The van der Waals surface area contributed by atoms with Crippen molar-refractivity contribution in [3.63, 3.8) is 0 Å². The van der Waals surface area contributed by atoms with Gasteiger partial charge in [0, 0.05) is 6.42 Å². The summed E-state index contributed by atoms with van der Waals surface area (Å²) in [7, 11) is 0. The van der Waals surface area contributed by atoms with Crippen LogP contribution in [0.15, 0.2) is 48.5 Å². The molecule has 0 bridgehead atoms. The minimum absolute atomic E-state index is 0.0274. The molecule has 0 N–H and O–H groups in total. The highest BCUT2D eigenvalue weighted by molar-refractivity contribution is 6.42. The number of hydrogen-bond acceptors (Lipinski definition) is 2. The molecule has 23 heavy (non-hydrogen) atoms. The lowest BCUT2D eigenvalue weighted by Crippen LogP contribution is -2.31. The fourth-order valence-electron chi connectivity index (χ4n) is 2.93. The standard InChI is InChI=1S/C18H15Cl2NO2/c1-11(12-5-3-2-4-6-12)14-10-17(22)21(18(14)23)13-7-8-15(19)16(20)9-13/h2-9,11,14H,10H2,1H3/t11-,14-/m1/s1. The van der Waals surface area contributed by atoms with E-state index in [0.29, 0.717) is 15.7 Å². The molecule has 1 fully saturated rings. The Hall–Kier alpha value is -1.84. The summed E-state index contributed by atoms with van der Waals surface area (Å²) in [6, 6.07) is 14.5. The number of anilines is 1. The van der Waals surface area contributed by atoms with Gasteiger partial charge >= 0.3 is 0 Å². The summed E-state index contributed by atoms with van der Waals surface area (Å²) < 4.78 is 0. The molecule has 0 unspecified atom stereocenters. The highest BCUT2D eigenvalue weighted by Crippen LogP contribution is 2.37. The highest BCUT2D eigenvalue weighted by atomic mass is 35.5.